The van der Waals surface area contributed by atoms with Gasteiger partial charge in [-0.1, -0.05) is 18.2 Å². The van der Waals surface area contributed by atoms with Crippen molar-refractivity contribution in [2.75, 3.05) is 13.1 Å². The van der Waals surface area contributed by atoms with Crippen molar-refractivity contribution in [3.05, 3.63) is 54.0 Å². The summed E-state index contributed by atoms with van der Waals surface area (Å²) in [4.78, 5) is 26.8. The summed E-state index contributed by atoms with van der Waals surface area (Å²) in [6.07, 6.45) is 5.10. The molecule has 6 nitrogen and oxygen atoms in total. The number of hydrogen-bond donors (Lipinski definition) is 1. The molecule has 142 valence electrons. The fourth-order valence-corrected chi connectivity index (χ4v) is 3.35. The molecule has 2 amide bonds. The molecule has 1 saturated heterocycles. The van der Waals surface area contributed by atoms with Crippen molar-refractivity contribution in [2.24, 2.45) is 5.92 Å². The Morgan fingerprint density at radius 1 is 1.07 bits per heavy atom. The Bertz CT molecular complexity index is 790. The Morgan fingerprint density at radius 2 is 1.81 bits per heavy atom. The molecule has 27 heavy (non-hydrogen) atoms. The monoisotopic (exact) mass is 368 g/mol. The third-order valence-electron chi connectivity index (χ3n) is 5.16. The van der Waals surface area contributed by atoms with E-state index in [1.54, 1.807) is 11.0 Å². The van der Waals surface area contributed by atoms with Crippen LogP contribution in [0, 0.1) is 5.92 Å². The summed E-state index contributed by atoms with van der Waals surface area (Å²) in [5.41, 5.74) is 0.734. The third-order valence-corrected chi connectivity index (χ3v) is 5.16. The van der Waals surface area contributed by atoms with Crippen LogP contribution in [-0.2, 0) is 11.4 Å². The quantitative estimate of drug-likeness (QED) is 0.851. The third kappa shape index (κ3) is 4.32. The minimum absolute atomic E-state index is 0.00661. The molecule has 0 spiro atoms. The number of furan rings is 1. The number of piperidine rings is 1. The first-order valence-corrected chi connectivity index (χ1v) is 9.54. The van der Waals surface area contributed by atoms with Gasteiger partial charge in [0, 0.05) is 30.6 Å². The smallest absolute Gasteiger partial charge is 0.289 e. The van der Waals surface area contributed by atoms with Crippen LogP contribution in [0.1, 0.15) is 41.8 Å². The topological polar surface area (TPSA) is 71.8 Å². The van der Waals surface area contributed by atoms with Crippen LogP contribution in [0.4, 0.5) is 0 Å². The first-order chi connectivity index (χ1) is 13.2. The van der Waals surface area contributed by atoms with Gasteiger partial charge < -0.3 is 19.4 Å². The summed E-state index contributed by atoms with van der Waals surface area (Å²) in [5.74, 6) is 1.09. The molecule has 0 atom stereocenters. The van der Waals surface area contributed by atoms with E-state index >= 15 is 0 Å². The summed E-state index contributed by atoms with van der Waals surface area (Å²) in [5, 5.41) is 3.06. The van der Waals surface area contributed by atoms with Gasteiger partial charge in [-0.3, -0.25) is 9.59 Å². The Morgan fingerprint density at radius 3 is 2.52 bits per heavy atom. The standard InChI is InChI=1S/C21H24N2O4/c24-20(22-17-6-7-17)15-8-11-23(12-9-15)21(25)19-16(10-13-26-19)14-27-18-4-2-1-3-5-18/h1-5,10,13,15,17H,6-9,11-12,14H2,(H,22,24). The van der Waals surface area contributed by atoms with Crippen LogP contribution < -0.4 is 10.1 Å². The molecule has 0 radical (unpaired) electrons. The lowest BCUT2D eigenvalue weighted by molar-refractivity contribution is -0.126. The second-order valence-corrected chi connectivity index (χ2v) is 7.23. The van der Waals surface area contributed by atoms with Crippen LogP contribution in [0.5, 0.6) is 5.75 Å². The fraction of sp³-hybridized carbons (Fsp3) is 0.429. The van der Waals surface area contributed by atoms with Crippen molar-refractivity contribution in [1.29, 1.82) is 0 Å². The molecule has 1 N–H and O–H groups in total. The molecule has 2 heterocycles. The lowest BCUT2D eigenvalue weighted by atomic mass is 9.95. The average Bonchev–Trinajstić information content (AvgIpc) is 3.40. The van der Waals surface area contributed by atoms with Crippen molar-refractivity contribution in [3.63, 3.8) is 0 Å². The van der Waals surface area contributed by atoms with E-state index in [2.05, 4.69) is 5.32 Å². The number of para-hydroxylation sites is 1. The molecule has 1 aromatic heterocycles. The molecule has 0 bridgehead atoms. The molecule has 4 rings (SSSR count). The van der Waals surface area contributed by atoms with Gasteiger partial charge in [0.05, 0.1) is 6.26 Å². The van der Waals surface area contributed by atoms with E-state index in [1.807, 2.05) is 30.3 Å². The summed E-state index contributed by atoms with van der Waals surface area (Å²) < 4.78 is 11.2. The van der Waals surface area contributed by atoms with E-state index in [-0.39, 0.29) is 24.3 Å². The van der Waals surface area contributed by atoms with Gasteiger partial charge in [-0.05, 0) is 43.9 Å². The molecule has 2 fully saturated rings. The zero-order valence-corrected chi connectivity index (χ0v) is 15.2. The number of hydrogen-bond acceptors (Lipinski definition) is 4. The van der Waals surface area contributed by atoms with E-state index in [9.17, 15) is 9.59 Å². The highest BCUT2D eigenvalue weighted by Gasteiger charge is 2.32. The Kier molecular flexibility index (Phi) is 5.14. The van der Waals surface area contributed by atoms with Crippen molar-refractivity contribution in [2.45, 2.75) is 38.3 Å². The second kappa shape index (κ2) is 7.86. The highest BCUT2D eigenvalue weighted by molar-refractivity contribution is 5.93. The minimum atomic E-state index is -0.132. The average molecular weight is 368 g/mol. The predicted octanol–water partition coefficient (Wildman–Crippen LogP) is 2.99. The first-order valence-electron chi connectivity index (χ1n) is 9.54. The second-order valence-electron chi connectivity index (χ2n) is 7.23. The maximum Gasteiger partial charge on any atom is 0.289 e. The van der Waals surface area contributed by atoms with Gasteiger partial charge in [-0.15, -0.1) is 0 Å². The van der Waals surface area contributed by atoms with Crippen LogP contribution in [-0.4, -0.2) is 35.8 Å². The van der Waals surface area contributed by atoms with Crippen molar-refractivity contribution >= 4 is 11.8 Å². The lowest BCUT2D eigenvalue weighted by Gasteiger charge is -2.31. The molecule has 1 aliphatic carbocycles. The van der Waals surface area contributed by atoms with Crippen LogP contribution in [0.3, 0.4) is 0 Å². The zero-order chi connectivity index (χ0) is 18.6. The highest BCUT2D eigenvalue weighted by atomic mass is 16.5. The van der Waals surface area contributed by atoms with E-state index < -0.39 is 0 Å². The van der Waals surface area contributed by atoms with Crippen molar-refractivity contribution in [3.8, 4) is 5.75 Å². The van der Waals surface area contributed by atoms with Gasteiger partial charge in [-0.2, -0.15) is 0 Å². The number of nitrogens with zero attached hydrogens (tertiary/aromatic N) is 1. The number of likely N-dealkylation sites (tertiary alicyclic amines) is 1. The molecule has 0 unspecified atom stereocenters. The molecular formula is C21H24N2O4. The van der Waals surface area contributed by atoms with Crippen LogP contribution in [0.25, 0.3) is 0 Å². The molecule has 1 aromatic carbocycles. The molecule has 2 aromatic rings. The van der Waals surface area contributed by atoms with E-state index in [0.29, 0.717) is 37.7 Å². The number of nitrogens with one attached hydrogen (secondary N) is 1. The SMILES string of the molecule is O=C(NC1CC1)C1CCN(C(=O)c2occc2COc2ccccc2)CC1. The first kappa shape index (κ1) is 17.6. The van der Waals surface area contributed by atoms with Crippen LogP contribution >= 0.6 is 0 Å². The summed E-state index contributed by atoms with van der Waals surface area (Å²) in [6.45, 7) is 1.42. The highest BCUT2D eigenvalue weighted by Crippen LogP contribution is 2.24. The maximum atomic E-state index is 12.8. The van der Waals surface area contributed by atoms with Gasteiger partial charge in [0.15, 0.2) is 5.76 Å². The van der Waals surface area contributed by atoms with Gasteiger partial charge in [0.25, 0.3) is 5.91 Å². The molecular weight excluding hydrogens is 344 g/mol. The molecule has 2 aliphatic rings. The van der Waals surface area contributed by atoms with E-state index in [0.717, 1.165) is 24.2 Å². The van der Waals surface area contributed by atoms with Crippen molar-refractivity contribution in [1.82, 2.24) is 10.2 Å². The predicted molar refractivity (Wildman–Crippen MR) is 99.3 cm³/mol. The number of carbonyl (C=O) groups excluding carboxylic acids is 2. The van der Waals surface area contributed by atoms with Gasteiger partial charge in [0.2, 0.25) is 5.91 Å². The molecule has 1 aliphatic heterocycles. The van der Waals surface area contributed by atoms with Gasteiger partial charge in [0.1, 0.15) is 12.4 Å². The normalized spacial score (nSPS) is 17.6. The number of amides is 2. The summed E-state index contributed by atoms with van der Waals surface area (Å²) in [7, 11) is 0. The minimum Gasteiger partial charge on any atom is -0.489 e. The zero-order valence-electron chi connectivity index (χ0n) is 15.2. The van der Waals surface area contributed by atoms with Gasteiger partial charge in [-0.25, -0.2) is 0 Å². The fourth-order valence-electron chi connectivity index (χ4n) is 3.35. The summed E-state index contributed by atoms with van der Waals surface area (Å²) >= 11 is 0. The van der Waals surface area contributed by atoms with Crippen molar-refractivity contribution < 1.29 is 18.7 Å². The van der Waals surface area contributed by atoms with Gasteiger partial charge >= 0.3 is 0 Å². The van der Waals surface area contributed by atoms with Crippen LogP contribution in [0.2, 0.25) is 0 Å². The van der Waals surface area contributed by atoms with Crippen LogP contribution in [0.15, 0.2) is 47.1 Å². The Hall–Kier alpha value is -2.76. The lowest BCUT2D eigenvalue weighted by Crippen LogP contribution is -2.43. The molecule has 6 heteroatoms. The number of benzene rings is 1. The number of carbonyl (C=O) groups is 2. The maximum absolute atomic E-state index is 12.8. The van der Waals surface area contributed by atoms with E-state index in [1.165, 1.54) is 6.26 Å². The summed E-state index contributed by atoms with van der Waals surface area (Å²) in [6, 6.07) is 11.6. The molecule has 1 saturated carbocycles. The number of ether oxygens (including phenoxy) is 1. The van der Waals surface area contributed by atoms with E-state index in [4.69, 9.17) is 9.15 Å². The Balaban J connectivity index is 1.32. The number of rotatable bonds is 6. The Labute approximate surface area is 158 Å². The largest absolute Gasteiger partial charge is 0.489 e.